The van der Waals surface area contributed by atoms with Crippen molar-refractivity contribution >= 4 is 32.3 Å². The van der Waals surface area contributed by atoms with Crippen molar-refractivity contribution in [3.05, 3.63) is 34.8 Å². The van der Waals surface area contributed by atoms with E-state index in [4.69, 9.17) is 0 Å². The fraction of sp³-hybridized carbons (Fsp3) is 0.167. The molecule has 3 aromatic rings. The topological polar surface area (TPSA) is 15.8 Å². The molecule has 0 bridgehead atoms. The number of hydrogen-bond donors (Lipinski definition) is 1. The maximum absolute atomic E-state index is 3.35. The maximum Gasteiger partial charge on any atom is 0.0637 e. The molecule has 0 fully saturated rings. The van der Waals surface area contributed by atoms with E-state index >= 15 is 0 Å². The van der Waals surface area contributed by atoms with Gasteiger partial charge in [-0.2, -0.15) is 0 Å². The van der Waals surface area contributed by atoms with E-state index in [1.165, 1.54) is 32.1 Å². The van der Waals surface area contributed by atoms with Crippen LogP contribution < -0.4 is 0 Å². The molecule has 2 aromatic heterocycles. The van der Waals surface area contributed by atoms with Gasteiger partial charge in [-0.25, -0.2) is 0 Å². The van der Waals surface area contributed by atoms with Crippen molar-refractivity contribution in [1.82, 2.24) is 4.98 Å². The van der Waals surface area contributed by atoms with Gasteiger partial charge in [0.1, 0.15) is 0 Å². The second-order valence-corrected chi connectivity index (χ2v) is 4.63. The van der Waals surface area contributed by atoms with Crippen LogP contribution in [0.2, 0.25) is 0 Å². The van der Waals surface area contributed by atoms with Gasteiger partial charge in [-0.15, -0.1) is 11.3 Å². The quantitative estimate of drug-likeness (QED) is 0.566. The first-order valence-corrected chi connectivity index (χ1v) is 5.60. The van der Waals surface area contributed by atoms with E-state index < -0.39 is 0 Å². The molecule has 0 saturated carbocycles. The van der Waals surface area contributed by atoms with Gasteiger partial charge in [0.2, 0.25) is 0 Å². The van der Waals surface area contributed by atoms with Gasteiger partial charge < -0.3 is 4.98 Å². The molecule has 0 aliphatic rings. The monoisotopic (exact) mass is 201 g/mol. The highest BCUT2D eigenvalue weighted by molar-refractivity contribution is 7.18. The van der Waals surface area contributed by atoms with E-state index in [1.807, 2.05) is 11.3 Å². The minimum Gasteiger partial charge on any atom is -0.360 e. The second-order valence-electron chi connectivity index (χ2n) is 3.76. The molecular formula is C12H11NS. The van der Waals surface area contributed by atoms with Gasteiger partial charge >= 0.3 is 0 Å². The lowest BCUT2D eigenvalue weighted by molar-refractivity contribution is 1.43. The van der Waals surface area contributed by atoms with Crippen molar-refractivity contribution in [2.45, 2.75) is 13.8 Å². The van der Waals surface area contributed by atoms with Crippen LogP contribution in [-0.2, 0) is 0 Å². The standard InChI is InChI=1S/C12H11NS/c1-7-5-13-11-9(7)3-4-10-8(2)6-14-12(10)11/h3-6,13H,1-2H3. The highest BCUT2D eigenvalue weighted by atomic mass is 32.1. The van der Waals surface area contributed by atoms with Gasteiger partial charge in [0.25, 0.3) is 0 Å². The van der Waals surface area contributed by atoms with Crippen molar-refractivity contribution in [3.63, 3.8) is 0 Å². The molecule has 2 heterocycles. The van der Waals surface area contributed by atoms with Gasteiger partial charge in [0, 0.05) is 11.6 Å². The van der Waals surface area contributed by atoms with Crippen LogP contribution >= 0.6 is 11.3 Å². The number of aryl methyl sites for hydroxylation is 2. The number of nitrogens with one attached hydrogen (secondary N) is 1. The van der Waals surface area contributed by atoms with E-state index in [-0.39, 0.29) is 0 Å². The first-order chi connectivity index (χ1) is 6.77. The molecule has 0 spiro atoms. The summed E-state index contributed by atoms with van der Waals surface area (Å²) >= 11 is 1.83. The van der Waals surface area contributed by atoms with Crippen molar-refractivity contribution in [1.29, 1.82) is 0 Å². The second kappa shape index (κ2) is 2.61. The number of thiophene rings is 1. The minimum atomic E-state index is 1.29. The number of benzene rings is 1. The Labute approximate surface area is 86.4 Å². The van der Waals surface area contributed by atoms with Gasteiger partial charge in [0.05, 0.1) is 10.2 Å². The summed E-state index contributed by atoms with van der Waals surface area (Å²) < 4.78 is 1.38. The van der Waals surface area contributed by atoms with Crippen LogP contribution in [-0.4, -0.2) is 4.98 Å². The van der Waals surface area contributed by atoms with E-state index in [0.29, 0.717) is 0 Å². The SMILES string of the molecule is Cc1c[nH]c2c1ccc1c(C)csc12. The number of aromatic amines is 1. The fourth-order valence-corrected chi connectivity index (χ4v) is 3.02. The molecule has 0 atom stereocenters. The maximum atomic E-state index is 3.35. The summed E-state index contributed by atoms with van der Waals surface area (Å²) in [5.74, 6) is 0. The summed E-state index contributed by atoms with van der Waals surface area (Å²) in [6.45, 7) is 4.31. The Morgan fingerprint density at radius 1 is 1.07 bits per heavy atom. The fourth-order valence-electron chi connectivity index (χ4n) is 1.96. The third-order valence-corrected chi connectivity index (χ3v) is 3.93. The lowest BCUT2D eigenvalue weighted by atomic mass is 10.1. The van der Waals surface area contributed by atoms with Crippen molar-refractivity contribution in [3.8, 4) is 0 Å². The molecule has 1 aromatic carbocycles. The van der Waals surface area contributed by atoms with Crippen LogP contribution in [0.4, 0.5) is 0 Å². The average molecular weight is 201 g/mol. The van der Waals surface area contributed by atoms with Crippen LogP contribution in [0.3, 0.4) is 0 Å². The van der Waals surface area contributed by atoms with Crippen LogP contribution in [0.1, 0.15) is 11.1 Å². The van der Waals surface area contributed by atoms with Gasteiger partial charge in [-0.05, 0) is 35.7 Å². The van der Waals surface area contributed by atoms with Gasteiger partial charge in [-0.3, -0.25) is 0 Å². The molecule has 3 rings (SSSR count). The molecule has 0 saturated heterocycles. The van der Waals surface area contributed by atoms with E-state index in [9.17, 15) is 0 Å². The van der Waals surface area contributed by atoms with Gasteiger partial charge in [0.15, 0.2) is 0 Å². The van der Waals surface area contributed by atoms with Crippen molar-refractivity contribution in [2.24, 2.45) is 0 Å². The van der Waals surface area contributed by atoms with Gasteiger partial charge in [-0.1, -0.05) is 12.1 Å². The normalized spacial score (nSPS) is 11.6. The zero-order chi connectivity index (χ0) is 9.71. The lowest BCUT2D eigenvalue weighted by Gasteiger charge is -1.94. The Kier molecular flexibility index (Phi) is 1.50. The Morgan fingerprint density at radius 3 is 2.71 bits per heavy atom. The molecule has 0 aliphatic heterocycles. The zero-order valence-electron chi connectivity index (χ0n) is 8.22. The highest BCUT2D eigenvalue weighted by Crippen LogP contribution is 2.32. The first kappa shape index (κ1) is 8.06. The highest BCUT2D eigenvalue weighted by Gasteiger charge is 2.06. The number of hydrogen-bond acceptors (Lipinski definition) is 1. The minimum absolute atomic E-state index is 1.29. The number of aromatic nitrogens is 1. The molecule has 2 heteroatoms. The van der Waals surface area contributed by atoms with Crippen molar-refractivity contribution in [2.75, 3.05) is 0 Å². The molecule has 1 N–H and O–H groups in total. The number of fused-ring (bicyclic) bond motifs is 3. The average Bonchev–Trinajstić information content (AvgIpc) is 2.72. The predicted octanol–water partition coefficient (Wildman–Crippen LogP) is 4.00. The Balaban J connectivity index is 2.62. The Hall–Kier alpha value is -1.28. The number of H-pyrrole nitrogens is 1. The van der Waals surface area contributed by atoms with Crippen LogP contribution in [0, 0.1) is 13.8 Å². The van der Waals surface area contributed by atoms with Crippen molar-refractivity contribution < 1.29 is 0 Å². The number of rotatable bonds is 0. The summed E-state index contributed by atoms with van der Waals surface area (Å²) in [7, 11) is 0. The summed E-state index contributed by atoms with van der Waals surface area (Å²) in [5, 5.41) is 4.95. The Morgan fingerprint density at radius 2 is 1.86 bits per heavy atom. The van der Waals surface area contributed by atoms with Crippen LogP contribution in [0.5, 0.6) is 0 Å². The summed E-state index contributed by atoms with van der Waals surface area (Å²) in [6, 6.07) is 4.44. The molecule has 1 nitrogen and oxygen atoms in total. The predicted molar refractivity (Wildman–Crippen MR) is 63.2 cm³/mol. The molecule has 0 aliphatic carbocycles. The molecular weight excluding hydrogens is 190 g/mol. The third kappa shape index (κ3) is 0.891. The molecule has 14 heavy (non-hydrogen) atoms. The largest absolute Gasteiger partial charge is 0.360 e. The molecule has 0 unspecified atom stereocenters. The zero-order valence-corrected chi connectivity index (χ0v) is 9.03. The van der Waals surface area contributed by atoms with E-state index in [2.05, 4.69) is 42.5 Å². The summed E-state index contributed by atoms with van der Waals surface area (Å²) in [5.41, 5.74) is 3.99. The smallest absolute Gasteiger partial charge is 0.0637 e. The molecule has 70 valence electrons. The van der Waals surface area contributed by atoms with Crippen LogP contribution in [0.15, 0.2) is 23.7 Å². The van der Waals surface area contributed by atoms with E-state index in [1.54, 1.807) is 0 Å². The Bertz CT molecular complexity index is 560. The van der Waals surface area contributed by atoms with Crippen LogP contribution in [0.25, 0.3) is 21.0 Å². The summed E-state index contributed by atoms with van der Waals surface area (Å²) in [6.07, 6.45) is 2.08. The first-order valence-electron chi connectivity index (χ1n) is 4.72. The van der Waals surface area contributed by atoms with E-state index in [0.717, 1.165) is 0 Å². The third-order valence-electron chi connectivity index (χ3n) is 2.79. The molecule has 0 amide bonds. The summed E-state index contributed by atoms with van der Waals surface area (Å²) in [4.78, 5) is 3.35. The lowest BCUT2D eigenvalue weighted by Crippen LogP contribution is -1.71. The molecule has 0 radical (unpaired) electrons.